The number of thioether (sulfide) groups is 2. The van der Waals surface area contributed by atoms with Crippen molar-refractivity contribution in [3.8, 4) is 5.75 Å². The summed E-state index contributed by atoms with van der Waals surface area (Å²) in [6, 6.07) is 7.62. The quantitative estimate of drug-likeness (QED) is 0.712. The molecule has 0 radical (unpaired) electrons. The lowest BCUT2D eigenvalue weighted by Gasteiger charge is -2.38. The minimum Gasteiger partial charge on any atom is -0.487 e. The number of carbonyl (C=O) groups excluding carboxylic acids is 2. The second kappa shape index (κ2) is 8.67. The molecule has 1 heterocycles. The molecule has 2 amide bonds. The second-order valence-electron chi connectivity index (χ2n) is 5.78. The van der Waals surface area contributed by atoms with Gasteiger partial charge in [0, 0.05) is 6.42 Å². The highest BCUT2D eigenvalue weighted by molar-refractivity contribution is 8.01. The highest BCUT2D eigenvalue weighted by Crippen LogP contribution is 2.29. The average molecular weight is 381 g/mol. The van der Waals surface area contributed by atoms with Gasteiger partial charge < -0.3 is 15.4 Å². The summed E-state index contributed by atoms with van der Waals surface area (Å²) in [5, 5.41) is 5.15. The van der Waals surface area contributed by atoms with Crippen molar-refractivity contribution >= 4 is 35.3 Å². The summed E-state index contributed by atoms with van der Waals surface area (Å²) in [4.78, 5) is 23.8. The van der Waals surface area contributed by atoms with Gasteiger partial charge in [0.25, 0.3) is 11.8 Å². The number of rotatable bonds is 7. The predicted molar refractivity (Wildman–Crippen MR) is 105 cm³/mol. The molecule has 2 rings (SSSR count). The smallest absolute Gasteiger partial charge is 0.257 e. The molecule has 0 spiro atoms. The molecular formula is C18H24N2O3S2. The normalized spacial score (nSPS) is 24.7. The van der Waals surface area contributed by atoms with Crippen molar-refractivity contribution in [3.05, 3.63) is 42.0 Å². The van der Waals surface area contributed by atoms with Gasteiger partial charge in [0.2, 0.25) is 0 Å². The molecular weight excluding hydrogens is 356 g/mol. The largest absolute Gasteiger partial charge is 0.487 e. The molecule has 0 saturated carbocycles. The van der Waals surface area contributed by atoms with Crippen LogP contribution in [0.5, 0.6) is 5.75 Å². The van der Waals surface area contributed by atoms with Gasteiger partial charge in [-0.1, -0.05) is 18.2 Å². The molecule has 2 N–H and O–H groups in total. The van der Waals surface area contributed by atoms with Crippen LogP contribution in [0.25, 0.3) is 0 Å². The van der Waals surface area contributed by atoms with Crippen LogP contribution in [-0.4, -0.2) is 40.7 Å². The van der Waals surface area contributed by atoms with Gasteiger partial charge in [-0.05, 0) is 50.1 Å². The van der Waals surface area contributed by atoms with Crippen LogP contribution in [-0.2, 0) is 16.0 Å². The van der Waals surface area contributed by atoms with Crippen LogP contribution in [0.3, 0.4) is 0 Å². The van der Waals surface area contributed by atoms with Gasteiger partial charge in [-0.2, -0.15) is 0 Å². The molecule has 25 heavy (non-hydrogen) atoms. The van der Waals surface area contributed by atoms with Crippen LogP contribution in [0.2, 0.25) is 0 Å². The molecule has 1 fully saturated rings. The Morgan fingerprint density at radius 3 is 2.52 bits per heavy atom. The van der Waals surface area contributed by atoms with E-state index in [4.69, 9.17) is 4.74 Å². The molecule has 0 bridgehead atoms. The highest BCUT2D eigenvalue weighted by Gasteiger charge is 2.46. The molecule has 1 unspecified atom stereocenters. The van der Waals surface area contributed by atoms with Crippen molar-refractivity contribution in [2.75, 3.05) is 12.5 Å². The zero-order chi connectivity index (χ0) is 18.4. The van der Waals surface area contributed by atoms with Gasteiger partial charge in [0.05, 0.1) is 0 Å². The Bertz CT molecular complexity index is 648. The van der Waals surface area contributed by atoms with Crippen molar-refractivity contribution in [3.63, 3.8) is 0 Å². The van der Waals surface area contributed by atoms with Crippen LogP contribution >= 0.6 is 23.5 Å². The molecule has 7 heteroatoms. The molecule has 1 aromatic carbocycles. The Balaban J connectivity index is 2.11. The SMILES string of the molecule is C/C=C/C(C)Oc1ccc(C[C@@]2(SC)NC(=O)[C@H](SC)NC2=O)cc1. The fourth-order valence-electron chi connectivity index (χ4n) is 2.63. The minimum absolute atomic E-state index is 0.000257. The second-order valence-corrected chi connectivity index (χ2v) is 7.83. The first-order chi connectivity index (χ1) is 11.9. The first-order valence-corrected chi connectivity index (χ1v) is 10.5. The van der Waals surface area contributed by atoms with E-state index in [1.165, 1.54) is 23.5 Å². The third-order valence-electron chi connectivity index (χ3n) is 3.94. The van der Waals surface area contributed by atoms with Crippen molar-refractivity contribution in [1.29, 1.82) is 0 Å². The molecule has 1 aliphatic heterocycles. The lowest BCUT2D eigenvalue weighted by Crippen LogP contribution is -2.67. The number of allylic oxidation sites excluding steroid dienone is 1. The van der Waals surface area contributed by atoms with Crippen molar-refractivity contribution in [1.82, 2.24) is 10.6 Å². The van der Waals surface area contributed by atoms with E-state index in [-0.39, 0.29) is 17.9 Å². The molecule has 1 aliphatic rings. The fraction of sp³-hybridized carbons (Fsp3) is 0.444. The maximum absolute atomic E-state index is 12.6. The summed E-state index contributed by atoms with van der Waals surface area (Å²) in [6.07, 6.45) is 7.96. The van der Waals surface area contributed by atoms with Crippen LogP contribution < -0.4 is 15.4 Å². The van der Waals surface area contributed by atoms with E-state index in [1.54, 1.807) is 6.26 Å². The number of piperazine rings is 1. The number of hydrogen-bond acceptors (Lipinski definition) is 5. The topological polar surface area (TPSA) is 67.4 Å². The number of carbonyl (C=O) groups is 2. The third-order valence-corrected chi connectivity index (χ3v) is 5.87. The van der Waals surface area contributed by atoms with Gasteiger partial charge in [0.15, 0.2) is 10.2 Å². The van der Waals surface area contributed by atoms with E-state index in [2.05, 4.69) is 10.6 Å². The summed E-state index contributed by atoms with van der Waals surface area (Å²) in [7, 11) is 0. The van der Waals surface area contributed by atoms with E-state index >= 15 is 0 Å². The molecule has 1 saturated heterocycles. The zero-order valence-corrected chi connectivity index (χ0v) is 16.5. The monoisotopic (exact) mass is 380 g/mol. The van der Waals surface area contributed by atoms with E-state index < -0.39 is 10.2 Å². The fourth-order valence-corrected chi connectivity index (χ4v) is 3.88. The average Bonchev–Trinajstić information content (AvgIpc) is 2.59. The van der Waals surface area contributed by atoms with Crippen LogP contribution in [0.15, 0.2) is 36.4 Å². The Morgan fingerprint density at radius 2 is 1.96 bits per heavy atom. The van der Waals surface area contributed by atoms with E-state index in [9.17, 15) is 9.59 Å². The maximum atomic E-state index is 12.6. The van der Waals surface area contributed by atoms with E-state index in [0.717, 1.165) is 11.3 Å². The summed E-state index contributed by atoms with van der Waals surface area (Å²) in [6.45, 7) is 3.93. The van der Waals surface area contributed by atoms with Crippen molar-refractivity contribution < 1.29 is 14.3 Å². The summed E-state index contributed by atoms with van der Waals surface area (Å²) in [5.74, 6) is 0.440. The van der Waals surface area contributed by atoms with Crippen molar-refractivity contribution in [2.45, 2.75) is 36.6 Å². The lowest BCUT2D eigenvalue weighted by molar-refractivity contribution is -0.135. The molecule has 1 aromatic rings. The van der Waals surface area contributed by atoms with Crippen LogP contribution in [0.1, 0.15) is 19.4 Å². The molecule has 0 aromatic heterocycles. The summed E-state index contributed by atoms with van der Waals surface area (Å²) in [5.41, 5.74) is 0.957. The standard InChI is InChI=1S/C18H24N2O3S2/c1-5-6-12(2)23-14-9-7-13(8-10-14)11-18(25-4)17(22)19-16(24-3)15(21)20-18/h5-10,12,16H,11H2,1-4H3,(H,19,22)(H,20,21)/b6-5+/t12?,16-,18-/m0/s1. The maximum Gasteiger partial charge on any atom is 0.257 e. The number of ether oxygens (including phenoxy) is 1. The Hall–Kier alpha value is -1.60. The Morgan fingerprint density at radius 1 is 1.28 bits per heavy atom. The molecule has 3 atom stereocenters. The Labute approximate surface area is 157 Å². The van der Waals surface area contributed by atoms with Gasteiger partial charge >= 0.3 is 0 Å². The number of amides is 2. The highest BCUT2D eigenvalue weighted by atomic mass is 32.2. The van der Waals surface area contributed by atoms with E-state index in [0.29, 0.717) is 6.42 Å². The molecule has 0 aliphatic carbocycles. The minimum atomic E-state index is -0.982. The van der Waals surface area contributed by atoms with Crippen LogP contribution in [0, 0.1) is 0 Å². The number of hydrogen-bond donors (Lipinski definition) is 2. The first-order valence-electron chi connectivity index (χ1n) is 8.03. The predicted octanol–water partition coefficient (Wildman–Crippen LogP) is 2.57. The van der Waals surface area contributed by atoms with Crippen LogP contribution in [0.4, 0.5) is 0 Å². The van der Waals surface area contributed by atoms with Gasteiger partial charge in [0.1, 0.15) is 11.9 Å². The summed E-state index contributed by atoms with van der Waals surface area (Å²) < 4.78 is 5.77. The van der Waals surface area contributed by atoms with Gasteiger partial charge in [-0.25, -0.2) is 0 Å². The number of benzene rings is 1. The first kappa shape index (κ1) is 19.7. The van der Waals surface area contributed by atoms with E-state index in [1.807, 2.05) is 56.5 Å². The lowest BCUT2D eigenvalue weighted by atomic mass is 10.0. The van der Waals surface area contributed by atoms with Crippen molar-refractivity contribution in [2.24, 2.45) is 0 Å². The van der Waals surface area contributed by atoms with Gasteiger partial charge in [-0.3, -0.25) is 9.59 Å². The molecule has 136 valence electrons. The molecule has 5 nitrogen and oxygen atoms in total. The summed E-state index contributed by atoms with van der Waals surface area (Å²) >= 11 is 2.65. The zero-order valence-electron chi connectivity index (χ0n) is 14.9. The number of nitrogens with one attached hydrogen (secondary N) is 2. The Kier molecular flexibility index (Phi) is 6.84. The van der Waals surface area contributed by atoms with Gasteiger partial charge in [-0.15, -0.1) is 23.5 Å². The third kappa shape index (κ3) is 4.73.